The Kier molecular flexibility index (Phi) is 6.12. The van der Waals surface area contributed by atoms with E-state index in [-0.39, 0.29) is 17.9 Å². The number of para-hydroxylation sites is 1. The number of hydrogen-bond donors (Lipinski definition) is 1. The summed E-state index contributed by atoms with van der Waals surface area (Å²) in [5, 5.41) is 5.44. The van der Waals surface area contributed by atoms with Gasteiger partial charge in [0.05, 0.1) is 32.0 Å². The van der Waals surface area contributed by atoms with Crippen LogP contribution in [0.4, 0.5) is 4.79 Å². The minimum Gasteiger partial charge on any atom is -0.493 e. The van der Waals surface area contributed by atoms with Gasteiger partial charge in [0.2, 0.25) is 0 Å². The second-order valence-electron chi connectivity index (χ2n) is 9.46. The molecule has 1 unspecified atom stereocenters. The Balaban J connectivity index is 1.57. The number of imide groups is 1. The predicted octanol–water partition coefficient (Wildman–Crippen LogP) is 5.09. The quantitative estimate of drug-likeness (QED) is 0.498. The highest BCUT2D eigenvalue weighted by Gasteiger charge is 2.49. The Morgan fingerprint density at radius 1 is 1.06 bits per heavy atom. The van der Waals surface area contributed by atoms with E-state index in [1.807, 2.05) is 47.8 Å². The molecule has 0 aliphatic carbocycles. The van der Waals surface area contributed by atoms with Gasteiger partial charge >= 0.3 is 6.03 Å². The number of benzene rings is 2. The highest BCUT2D eigenvalue weighted by molar-refractivity contribution is 7.13. The maximum atomic E-state index is 13.4. The molecule has 4 rings (SSSR count). The first-order chi connectivity index (χ1) is 16.1. The fourth-order valence-corrected chi connectivity index (χ4v) is 4.89. The topological polar surface area (TPSA) is 80.8 Å². The standard InChI is InChI=1S/C26H29N3O4S/c1-25(2,3)16-10-12-17(13-11-16)26(4)23(30)29(24(31)28-26)14-18-15-34-22(27-18)19-8-7-9-20(32-5)21(19)33-6/h7-13,15H,14H2,1-6H3,(H,28,31). The number of nitrogens with zero attached hydrogens (tertiary/aromatic N) is 2. The number of thiazole rings is 1. The van der Waals surface area contributed by atoms with Gasteiger partial charge in [0.15, 0.2) is 11.5 Å². The van der Waals surface area contributed by atoms with Crippen LogP contribution in [-0.2, 0) is 22.3 Å². The number of methoxy groups -OCH3 is 2. The molecular formula is C26H29N3O4S. The predicted molar refractivity (Wildman–Crippen MR) is 132 cm³/mol. The number of carbonyl (C=O) groups excluding carboxylic acids is 2. The van der Waals surface area contributed by atoms with Crippen LogP contribution in [0.5, 0.6) is 11.5 Å². The maximum absolute atomic E-state index is 13.4. The van der Waals surface area contributed by atoms with Crippen molar-refractivity contribution in [2.45, 2.75) is 45.2 Å². The van der Waals surface area contributed by atoms with Crippen molar-refractivity contribution < 1.29 is 19.1 Å². The molecule has 2 aromatic carbocycles. The van der Waals surface area contributed by atoms with Crippen molar-refractivity contribution in [3.63, 3.8) is 0 Å². The van der Waals surface area contributed by atoms with Gasteiger partial charge in [-0.3, -0.25) is 9.69 Å². The molecule has 1 aliphatic rings. The van der Waals surface area contributed by atoms with Crippen LogP contribution in [0.3, 0.4) is 0 Å². The molecule has 1 N–H and O–H groups in total. The van der Waals surface area contributed by atoms with E-state index in [0.717, 1.165) is 21.7 Å². The van der Waals surface area contributed by atoms with Crippen molar-refractivity contribution in [3.05, 3.63) is 64.7 Å². The van der Waals surface area contributed by atoms with E-state index in [9.17, 15) is 9.59 Å². The number of aromatic nitrogens is 1. The average molecular weight is 480 g/mol. The third kappa shape index (κ3) is 4.14. The van der Waals surface area contributed by atoms with Crippen LogP contribution in [0.15, 0.2) is 47.8 Å². The van der Waals surface area contributed by atoms with Crippen molar-refractivity contribution in [1.29, 1.82) is 0 Å². The minimum atomic E-state index is -1.12. The van der Waals surface area contributed by atoms with Crippen molar-refractivity contribution in [1.82, 2.24) is 15.2 Å². The largest absolute Gasteiger partial charge is 0.493 e. The van der Waals surface area contributed by atoms with Gasteiger partial charge < -0.3 is 14.8 Å². The Labute approximate surface area is 203 Å². The molecule has 7 nitrogen and oxygen atoms in total. The van der Waals surface area contributed by atoms with Gasteiger partial charge in [0, 0.05) is 5.38 Å². The van der Waals surface area contributed by atoms with Crippen molar-refractivity contribution >= 4 is 23.3 Å². The second-order valence-corrected chi connectivity index (χ2v) is 10.3. The van der Waals surface area contributed by atoms with Crippen LogP contribution in [0.1, 0.15) is 44.5 Å². The zero-order valence-electron chi connectivity index (χ0n) is 20.3. The highest BCUT2D eigenvalue weighted by atomic mass is 32.1. The monoisotopic (exact) mass is 479 g/mol. The molecule has 1 saturated heterocycles. The number of nitrogens with one attached hydrogen (secondary N) is 1. The van der Waals surface area contributed by atoms with E-state index < -0.39 is 11.6 Å². The highest BCUT2D eigenvalue weighted by Crippen LogP contribution is 2.39. The van der Waals surface area contributed by atoms with E-state index in [4.69, 9.17) is 9.47 Å². The lowest BCUT2D eigenvalue weighted by Gasteiger charge is -2.24. The molecule has 0 saturated carbocycles. The molecule has 3 amide bonds. The summed E-state index contributed by atoms with van der Waals surface area (Å²) in [6, 6.07) is 13.0. The molecule has 1 aromatic heterocycles. The molecule has 1 fully saturated rings. The fraction of sp³-hybridized carbons (Fsp3) is 0.346. The van der Waals surface area contributed by atoms with E-state index >= 15 is 0 Å². The first-order valence-electron chi connectivity index (χ1n) is 11.0. The number of hydrogen-bond acceptors (Lipinski definition) is 6. The van der Waals surface area contributed by atoms with E-state index in [1.165, 1.54) is 16.2 Å². The molecule has 0 bridgehead atoms. The van der Waals surface area contributed by atoms with Crippen LogP contribution < -0.4 is 14.8 Å². The molecule has 178 valence electrons. The first-order valence-corrected chi connectivity index (χ1v) is 11.9. The number of ether oxygens (including phenoxy) is 2. The number of rotatable bonds is 6. The van der Waals surface area contributed by atoms with Gasteiger partial charge in [-0.1, -0.05) is 51.1 Å². The van der Waals surface area contributed by atoms with Gasteiger partial charge in [-0.15, -0.1) is 11.3 Å². The molecular weight excluding hydrogens is 450 g/mol. The lowest BCUT2D eigenvalue weighted by atomic mass is 9.84. The molecule has 34 heavy (non-hydrogen) atoms. The lowest BCUT2D eigenvalue weighted by molar-refractivity contribution is -0.131. The minimum absolute atomic E-state index is 0.00216. The van der Waals surface area contributed by atoms with Crippen LogP contribution in [-0.4, -0.2) is 36.0 Å². The summed E-state index contributed by atoms with van der Waals surface area (Å²) in [7, 11) is 3.16. The van der Waals surface area contributed by atoms with Crippen molar-refractivity contribution in [3.8, 4) is 22.1 Å². The van der Waals surface area contributed by atoms with E-state index in [0.29, 0.717) is 17.2 Å². The molecule has 1 aliphatic heterocycles. The SMILES string of the molecule is COc1cccc(-c2nc(CN3C(=O)NC(C)(c4ccc(C(C)(C)C)cc4)C3=O)cs2)c1OC. The van der Waals surface area contributed by atoms with Crippen LogP contribution in [0.2, 0.25) is 0 Å². The maximum Gasteiger partial charge on any atom is 0.325 e. The zero-order valence-corrected chi connectivity index (χ0v) is 21.1. The van der Waals surface area contributed by atoms with E-state index in [2.05, 4.69) is 31.1 Å². The molecule has 8 heteroatoms. The van der Waals surface area contributed by atoms with Gasteiger partial charge in [-0.2, -0.15) is 0 Å². The zero-order chi connectivity index (χ0) is 24.7. The molecule has 1 atom stereocenters. The van der Waals surface area contributed by atoms with Gasteiger partial charge in [0.25, 0.3) is 5.91 Å². The Hall–Kier alpha value is -3.39. The number of carbonyl (C=O) groups is 2. The smallest absolute Gasteiger partial charge is 0.325 e. The Morgan fingerprint density at radius 2 is 1.76 bits per heavy atom. The second kappa shape index (κ2) is 8.76. The average Bonchev–Trinajstić information content (AvgIpc) is 3.37. The molecule has 0 spiro atoms. The van der Waals surface area contributed by atoms with E-state index in [1.54, 1.807) is 21.1 Å². The summed E-state index contributed by atoms with van der Waals surface area (Å²) in [6.07, 6.45) is 0. The normalized spacial score (nSPS) is 18.2. The Morgan fingerprint density at radius 3 is 2.38 bits per heavy atom. The van der Waals surface area contributed by atoms with Crippen LogP contribution in [0.25, 0.3) is 10.6 Å². The lowest BCUT2D eigenvalue weighted by Crippen LogP contribution is -2.40. The molecule has 2 heterocycles. The summed E-state index contributed by atoms with van der Waals surface area (Å²) in [5.74, 6) is 0.904. The summed E-state index contributed by atoms with van der Waals surface area (Å²) in [4.78, 5) is 32.1. The van der Waals surface area contributed by atoms with Gasteiger partial charge in [-0.25, -0.2) is 9.78 Å². The Bertz CT molecular complexity index is 1230. The molecule has 3 aromatic rings. The third-order valence-corrected chi connectivity index (χ3v) is 7.03. The first kappa shape index (κ1) is 23.8. The van der Waals surface area contributed by atoms with Crippen molar-refractivity contribution in [2.75, 3.05) is 14.2 Å². The summed E-state index contributed by atoms with van der Waals surface area (Å²) in [5.41, 5.74) is 2.21. The number of urea groups is 1. The van der Waals surface area contributed by atoms with Crippen LogP contribution in [0, 0.1) is 0 Å². The summed E-state index contributed by atoms with van der Waals surface area (Å²) >= 11 is 1.42. The third-order valence-electron chi connectivity index (χ3n) is 6.11. The van der Waals surface area contributed by atoms with Crippen molar-refractivity contribution in [2.24, 2.45) is 0 Å². The van der Waals surface area contributed by atoms with Crippen LogP contribution >= 0.6 is 11.3 Å². The van der Waals surface area contributed by atoms with Gasteiger partial charge in [0.1, 0.15) is 10.5 Å². The summed E-state index contributed by atoms with van der Waals surface area (Å²) < 4.78 is 10.9. The fourth-order valence-electron chi connectivity index (χ4n) is 4.06. The molecule has 0 radical (unpaired) electrons. The van der Waals surface area contributed by atoms with Gasteiger partial charge in [-0.05, 0) is 35.6 Å². The summed E-state index contributed by atoms with van der Waals surface area (Å²) in [6.45, 7) is 8.24. The number of amides is 3.